The highest BCUT2D eigenvalue weighted by Gasteiger charge is 2.11. The van der Waals surface area contributed by atoms with E-state index in [0.717, 1.165) is 10.2 Å². The van der Waals surface area contributed by atoms with Crippen LogP contribution in [0.15, 0.2) is 35.3 Å². The molecule has 1 N–H and O–H groups in total. The van der Waals surface area contributed by atoms with E-state index in [-0.39, 0.29) is 6.04 Å². The van der Waals surface area contributed by atoms with Crippen LogP contribution >= 0.6 is 15.9 Å². The third kappa shape index (κ3) is 2.15. The van der Waals surface area contributed by atoms with Crippen LogP contribution in [0.1, 0.15) is 18.5 Å². The zero-order valence-corrected chi connectivity index (χ0v) is 10.8. The molecule has 1 aromatic carbocycles. The van der Waals surface area contributed by atoms with E-state index in [1.165, 1.54) is 11.9 Å². The molecule has 1 unspecified atom stereocenters. The molecule has 0 bridgehead atoms. The Bertz CT molecular complexity index is 467. The lowest BCUT2D eigenvalue weighted by Gasteiger charge is -2.15. The standard InChI is InChI=1S/C11H13BrN4/c1-8(13-2)10-4-3-9(12)5-11(10)16-7-14-6-15-16/h3-8,13H,1-2H3. The Labute approximate surface area is 103 Å². The van der Waals surface area contributed by atoms with Crippen molar-refractivity contribution in [2.24, 2.45) is 0 Å². The molecule has 0 aliphatic heterocycles. The number of halogens is 1. The summed E-state index contributed by atoms with van der Waals surface area (Å²) in [6.07, 6.45) is 3.24. The van der Waals surface area contributed by atoms with Crippen LogP contribution in [-0.2, 0) is 0 Å². The Morgan fingerprint density at radius 3 is 2.88 bits per heavy atom. The summed E-state index contributed by atoms with van der Waals surface area (Å²) < 4.78 is 2.80. The van der Waals surface area contributed by atoms with Gasteiger partial charge in [0.1, 0.15) is 12.7 Å². The van der Waals surface area contributed by atoms with Gasteiger partial charge in [-0.3, -0.25) is 0 Å². The molecule has 0 amide bonds. The Hall–Kier alpha value is -1.20. The highest BCUT2D eigenvalue weighted by molar-refractivity contribution is 9.10. The molecule has 0 saturated carbocycles. The largest absolute Gasteiger partial charge is 0.313 e. The molecule has 0 aliphatic rings. The fourth-order valence-electron chi connectivity index (χ4n) is 1.57. The molecular formula is C11H13BrN4. The monoisotopic (exact) mass is 280 g/mol. The van der Waals surface area contributed by atoms with Gasteiger partial charge in [0.15, 0.2) is 0 Å². The second-order valence-electron chi connectivity index (χ2n) is 3.55. The van der Waals surface area contributed by atoms with E-state index >= 15 is 0 Å². The van der Waals surface area contributed by atoms with E-state index in [9.17, 15) is 0 Å². The van der Waals surface area contributed by atoms with Gasteiger partial charge in [-0.15, -0.1) is 0 Å². The number of benzene rings is 1. The van der Waals surface area contributed by atoms with Gasteiger partial charge >= 0.3 is 0 Å². The maximum Gasteiger partial charge on any atom is 0.138 e. The maximum atomic E-state index is 4.16. The molecule has 0 aliphatic carbocycles. The number of rotatable bonds is 3. The van der Waals surface area contributed by atoms with Gasteiger partial charge in [-0.1, -0.05) is 22.0 Å². The normalized spacial score (nSPS) is 12.7. The summed E-state index contributed by atoms with van der Waals surface area (Å²) in [5.74, 6) is 0. The average molecular weight is 281 g/mol. The van der Waals surface area contributed by atoms with E-state index in [1.54, 1.807) is 11.0 Å². The lowest BCUT2D eigenvalue weighted by atomic mass is 10.1. The van der Waals surface area contributed by atoms with Crippen LogP contribution in [-0.4, -0.2) is 21.8 Å². The van der Waals surface area contributed by atoms with Gasteiger partial charge < -0.3 is 5.32 Å². The topological polar surface area (TPSA) is 42.7 Å². The van der Waals surface area contributed by atoms with Crippen LogP contribution in [0, 0.1) is 0 Å². The minimum absolute atomic E-state index is 0.271. The molecule has 2 aromatic rings. The first-order valence-corrected chi connectivity index (χ1v) is 5.83. The van der Waals surface area contributed by atoms with E-state index in [1.807, 2.05) is 19.2 Å². The lowest BCUT2D eigenvalue weighted by molar-refractivity contribution is 0.644. The lowest BCUT2D eigenvalue weighted by Crippen LogP contribution is -2.15. The summed E-state index contributed by atoms with van der Waals surface area (Å²) in [5, 5.41) is 7.39. The zero-order chi connectivity index (χ0) is 11.5. The summed E-state index contributed by atoms with van der Waals surface area (Å²) in [4.78, 5) is 3.97. The number of aromatic nitrogens is 3. The minimum Gasteiger partial charge on any atom is -0.313 e. The van der Waals surface area contributed by atoms with Crippen molar-refractivity contribution in [1.29, 1.82) is 0 Å². The van der Waals surface area contributed by atoms with Crippen molar-refractivity contribution in [2.45, 2.75) is 13.0 Å². The highest BCUT2D eigenvalue weighted by Crippen LogP contribution is 2.24. The summed E-state index contributed by atoms with van der Waals surface area (Å²) in [6, 6.07) is 6.43. The number of hydrogen-bond acceptors (Lipinski definition) is 3. The predicted molar refractivity (Wildman–Crippen MR) is 66.5 cm³/mol. The molecule has 0 spiro atoms. The number of nitrogens with one attached hydrogen (secondary N) is 1. The summed E-state index contributed by atoms with van der Waals surface area (Å²) in [6.45, 7) is 2.11. The second-order valence-corrected chi connectivity index (χ2v) is 4.47. The van der Waals surface area contributed by atoms with Crippen LogP contribution in [0.4, 0.5) is 0 Å². The molecular weight excluding hydrogens is 268 g/mol. The van der Waals surface area contributed by atoms with Crippen molar-refractivity contribution in [2.75, 3.05) is 7.05 Å². The van der Waals surface area contributed by atoms with Crippen molar-refractivity contribution in [1.82, 2.24) is 20.1 Å². The Balaban J connectivity index is 2.53. The summed E-state index contributed by atoms with van der Waals surface area (Å²) >= 11 is 3.47. The van der Waals surface area contributed by atoms with Crippen molar-refractivity contribution >= 4 is 15.9 Å². The molecule has 0 fully saturated rings. The first-order valence-electron chi connectivity index (χ1n) is 5.04. The van der Waals surface area contributed by atoms with E-state index in [2.05, 4.69) is 44.3 Å². The van der Waals surface area contributed by atoms with Gasteiger partial charge in [0, 0.05) is 10.5 Å². The van der Waals surface area contributed by atoms with Crippen LogP contribution in [0.2, 0.25) is 0 Å². The van der Waals surface area contributed by atoms with Crippen molar-refractivity contribution in [3.8, 4) is 5.69 Å². The van der Waals surface area contributed by atoms with Gasteiger partial charge in [0.2, 0.25) is 0 Å². The Morgan fingerprint density at radius 2 is 2.25 bits per heavy atom. The Kier molecular flexibility index (Phi) is 3.36. The maximum absolute atomic E-state index is 4.16. The molecule has 2 rings (SSSR count). The van der Waals surface area contributed by atoms with Gasteiger partial charge in [0.25, 0.3) is 0 Å². The molecule has 4 nitrogen and oxygen atoms in total. The average Bonchev–Trinajstić information content (AvgIpc) is 2.81. The summed E-state index contributed by atoms with van der Waals surface area (Å²) in [7, 11) is 1.94. The van der Waals surface area contributed by atoms with Gasteiger partial charge in [-0.2, -0.15) is 5.10 Å². The second kappa shape index (κ2) is 4.76. The third-order valence-electron chi connectivity index (χ3n) is 2.56. The first-order chi connectivity index (χ1) is 7.72. The van der Waals surface area contributed by atoms with Crippen LogP contribution < -0.4 is 5.32 Å². The zero-order valence-electron chi connectivity index (χ0n) is 9.18. The SMILES string of the molecule is CNC(C)c1ccc(Br)cc1-n1cncn1. The van der Waals surface area contributed by atoms with Crippen molar-refractivity contribution in [3.05, 3.63) is 40.9 Å². The molecule has 16 heavy (non-hydrogen) atoms. The number of hydrogen-bond donors (Lipinski definition) is 1. The molecule has 1 aromatic heterocycles. The van der Waals surface area contributed by atoms with Gasteiger partial charge in [-0.05, 0) is 31.7 Å². The Morgan fingerprint density at radius 1 is 1.44 bits per heavy atom. The fraction of sp³-hybridized carbons (Fsp3) is 0.273. The van der Waals surface area contributed by atoms with Crippen molar-refractivity contribution in [3.63, 3.8) is 0 Å². The highest BCUT2D eigenvalue weighted by atomic mass is 79.9. The van der Waals surface area contributed by atoms with Gasteiger partial charge in [-0.25, -0.2) is 9.67 Å². The van der Waals surface area contributed by atoms with Gasteiger partial charge in [0.05, 0.1) is 5.69 Å². The molecule has 1 atom stereocenters. The molecule has 84 valence electrons. The predicted octanol–water partition coefficient (Wildman–Crippen LogP) is 2.31. The summed E-state index contributed by atoms with van der Waals surface area (Å²) in [5.41, 5.74) is 2.23. The van der Waals surface area contributed by atoms with E-state index in [0.29, 0.717) is 0 Å². The molecule has 0 radical (unpaired) electrons. The van der Waals surface area contributed by atoms with Crippen LogP contribution in [0.5, 0.6) is 0 Å². The van der Waals surface area contributed by atoms with Crippen LogP contribution in [0.3, 0.4) is 0 Å². The fourth-order valence-corrected chi connectivity index (χ4v) is 1.92. The third-order valence-corrected chi connectivity index (χ3v) is 3.05. The smallest absolute Gasteiger partial charge is 0.138 e. The molecule has 0 saturated heterocycles. The number of nitrogens with zero attached hydrogens (tertiary/aromatic N) is 3. The van der Waals surface area contributed by atoms with Crippen LogP contribution in [0.25, 0.3) is 5.69 Å². The quantitative estimate of drug-likeness (QED) is 0.938. The van der Waals surface area contributed by atoms with E-state index in [4.69, 9.17) is 0 Å². The van der Waals surface area contributed by atoms with Crippen molar-refractivity contribution < 1.29 is 0 Å². The molecule has 5 heteroatoms. The molecule has 1 heterocycles. The first kappa shape index (κ1) is 11.3. The minimum atomic E-state index is 0.271. The van der Waals surface area contributed by atoms with E-state index < -0.39 is 0 Å².